The second-order valence-electron chi connectivity index (χ2n) is 6.97. The lowest BCUT2D eigenvalue weighted by Crippen LogP contribution is -2.42. The number of nitrogens with zero attached hydrogens (tertiary/aromatic N) is 2. The molecule has 1 heterocycles. The molecule has 0 saturated carbocycles. The van der Waals surface area contributed by atoms with Gasteiger partial charge in [0, 0.05) is 5.88 Å². The molecule has 124 valence electrons. The van der Waals surface area contributed by atoms with Crippen LogP contribution in [0.5, 0.6) is 0 Å². The molecule has 2 aromatic rings. The van der Waals surface area contributed by atoms with Gasteiger partial charge < -0.3 is 4.74 Å². The predicted molar refractivity (Wildman–Crippen MR) is 95.6 cm³/mol. The largest absolute Gasteiger partial charge is 0.443 e. The molecule has 0 spiro atoms. The highest BCUT2D eigenvalue weighted by molar-refractivity contribution is 6.19. The number of carbonyl (C=O) groups is 1. The van der Waals surface area contributed by atoms with E-state index in [0.29, 0.717) is 17.9 Å². The van der Waals surface area contributed by atoms with Gasteiger partial charge in [-0.25, -0.2) is 4.79 Å². The lowest BCUT2D eigenvalue weighted by atomic mass is 9.99. The molecule has 1 atom stereocenters. The third-order valence-corrected chi connectivity index (χ3v) is 4.43. The molecule has 1 aliphatic rings. The van der Waals surface area contributed by atoms with Crippen LogP contribution in [-0.2, 0) is 11.2 Å². The first kappa shape index (κ1) is 16.6. The van der Waals surface area contributed by atoms with Crippen LogP contribution in [0.15, 0.2) is 30.3 Å². The van der Waals surface area contributed by atoms with E-state index in [4.69, 9.17) is 21.6 Å². The molecule has 0 fully saturated rings. The molecule has 1 aliphatic heterocycles. The van der Waals surface area contributed by atoms with E-state index in [1.54, 1.807) is 11.0 Å². The monoisotopic (exact) mass is 342 g/mol. The molecule has 0 bridgehead atoms. The van der Waals surface area contributed by atoms with Crippen LogP contribution in [0, 0.1) is 11.3 Å². The highest BCUT2D eigenvalue weighted by Crippen LogP contribution is 2.39. The van der Waals surface area contributed by atoms with E-state index in [0.717, 1.165) is 22.0 Å². The molecular weight excluding hydrogens is 324 g/mol. The summed E-state index contributed by atoms with van der Waals surface area (Å²) in [7, 11) is 0. The first-order chi connectivity index (χ1) is 11.3. The van der Waals surface area contributed by atoms with E-state index < -0.39 is 5.60 Å². The summed E-state index contributed by atoms with van der Waals surface area (Å²) in [6.45, 7) is 5.53. The van der Waals surface area contributed by atoms with E-state index in [1.807, 2.05) is 45.0 Å². The van der Waals surface area contributed by atoms with Crippen molar-refractivity contribution in [2.45, 2.75) is 38.8 Å². The Morgan fingerprint density at radius 2 is 2.08 bits per heavy atom. The maximum Gasteiger partial charge on any atom is 0.415 e. The van der Waals surface area contributed by atoms with Crippen molar-refractivity contribution in [1.82, 2.24) is 0 Å². The number of fused-ring (bicyclic) bond motifs is 3. The molecule has 3 rings (SSSR count). The van der Waals surface area contributed by atoms with Crippen LogP contribution in [0.25, 0.3) is 10.8 Å². The minimum atomic E-state index is -0.568. The molecule has 0 N–H and O–H groups in total. The van der Waals surface area contributed by atoms with Crippen molar-refractivity contribution in [2.75, 3.05) is 10.8 Å². The highest BCUT2D eigenvalue weighted by atomic mass is 35.5. The fraction of sp³-hybridized carbons (Fsp3) is 0.368. The fourth-order valence-electron chi connectivity index (χ4n) is 3.09. The number of rotatable bonds is 1. The average Bonchev–Trinajstić information content (AvgIpc) is 2.91. The molecule has 0 radical (unpaired) electrons. The number of amides is 1. The van der Waals surface area contributed by atoms with Crippen LogP contribution in [0.3, 0.4) is 0 Å². The number of hydrogen-bond donors (Lipinski definition) is 0. The fourth-order valence-corrected chi connectivity index (χ4v) is 3.33. The van der Waals surface area contributed by atoms with Crippen molar-refractivity contribution in [1.29, 1.82) is 5.26 Å². The number of anilines is 1. The van der Waals surface area contributed by atoms with E-state index in [1.165, 1.54) is 0 Å². The molecule has 4 nitrogen and oxygen atoms in total. The summed E-state index contributed by atoms with van der Waals surface area (Å²) in [5, 5.41) is 11.2. The molecule has 0 aliphatic carbocycles. The Morgan fingerprint density at radius 3 is 2.71 bits per heavy atom. The van der Waals surface area contributed by atoms with Crippen LogP contribution in [0.1, 0.15) is 31.9 Å². The van der Waals surface area contributed by atoms with Gasteiger partial charge in [0.1, 0.15) is 5.60 Å². The van der Waals surface area contributed by atoms with Crippen molar-refractivity contribution < 1.29 is 9.53 Å². The van der Waals surface area contributed by atoms with Crippen LogP contribution in [-0.4, -0.2) is 23.6 Å². The topological polar surface area (TPSA) is 53.3 Å². The number of benzene rings is 2. The SMILES string of the molecule is CC(C)(C)OC(=O)N1c2ccc3ccc(C#N)cc3c2CC1CCl. The number of ether oxygens (including phenoxy) is 1. The predicted octanol–water partition coefficient (Wildman–Crippen LogP) is 4.62. The zero-order valence-corrected chi connectivity index (χ0v) is 14.7. The molecule has 24 heavy (non-hydrogen) atoms. The molecular formula is C19H19ClN2O2. The molecule has 1 unspecified atom stereocenters. The van der Waals surface area contributed by atoms with Gasteiger partial charge in [0.25, 0.3) is 0 Å². The maximum atomic E-state index is 12.6. The van der Waals surface area contributed by atoms with Crippen molar-refractivity contribution in [2.24, 2.45) is 0 Å². The molecule has 2 aromatic carbocycles. The normalized spacial score (nSPS) is 16.8. The van der Waals surface area contributed by atoms with Gasteiger partial charge in [-0.3, -0.25) is 4.90 Å². The molecule has 0 aromatic heterocycles. The third-order valence-electron chi connectivity index (χ3n) is 4.07. The summed E-state index contributed by atoms with van der Waals surface area (Å²) >= 11 is 6.12. The van der Waals surface area contributed by atoms with E-state index in [2.05, 4.69) is 6.07 Å². The number of nitriles is 1. The van der Waals surface area contributed by atoms with Crippen molar-refractivity contribution >= 4 is 34.2 Å². The first-order valence-electron chi connectivity index (χ1n) is 7.88. The molecule has 0 saturated heterocycles. The Hall–Kier alpha value is -2.25. The van der Waals surface area contributed by atoms with Crippen LogP contribution in [0.4, 0.5) is 10.5 Å². The second-order valence-corrected chi connectivity index (χ2v) is 7.28. The smallest absolute Gasteiger partial charge is 0.415 e. The summed E-state index contributed by atoms with van der Waals surface area (Å²) in [6.07, 6.45) is 0.271. The lowest BCUT2D eigenvalue weighted by molar-refractivity contribution is 0.0572. The Bertz CT molecular complexity index is 849. The maximum absolute atomic E-state index is 12.6. The van der Waals surface area contributed by atoms with Gasteiger partial charge in [0.2, 0.25) is 0 Å². The number of carbonyl (C=O) groups excluding carboxylic acids is 1. The van der Waals surface area contributed by atoms with Gasteiger partial charge in [0.05, 0.1) is 23.4 Å². The first-order valence-corrected chi connectivity index (χ1v) is 8.41. The second kappa shape index (κ2) is 5.99. The summed E-state index contributed by atoms with van der Waals surface area (Å²) in [5.74, 6) is 0.327. The van der Waals surface area contributed by atoms with Gasteiger partial charge in [0.15, 0.2) is 0 Å². The summed E-state index contributed by atoms with van der Waals surface area (Å²) < 4.78 is 5.54. The van der Waals surface area contributed by atoms with Crippen LogP contribution in [0.2, 0.25) is 0 Å². The van der Waals surface area contributed by atoms with E-state index in [-0.39, 0.29) is 12.1 Å². The Balaban J connectivity index is 2.10. The van der Waals surface area contributed by atoms with Crippen molar-refractivity contribution in [3.8, 4) is 6.07 Å². The van der Waals surface area contributed by atoms with E-state index >= 15 is 0 Å². The molecule has 1 amide bonds. The van der Waals surface area contributed by atoms with Crippen LogP contribution >= 0.6 is 11.6 Å². The minimum absolute atomic E-state index is 0.146. The zero-order valence-electron chi connectivity index (χ0n) is 14.0. The number of halogens is 1. The quantitative estimate of drug-likeness (QED) is 0.711. The highest BCUT2D eigenvalue weighted by Gasteiger charge is 2.36. The number of alkyl halides is 1. The lowest BCUT2D eigenvalue weighted by Gasteiger charge is -2.28. The summed E-state index contributed by atoms with van der Waals surface area (Å²) in [4.78, 5) is 14.3. The summed E-state index contributed by atoms with van der Waals surface area (Å²) in [6, 6.07) is 11.5. The Morgan fingerprint density at radius 1 is 1.38 bits per heavy atom. The van der Waals surface area contributed by atoms with Gasteiger partial charge in [-0.05, 0) is 61.7 Å². The molecule has 5 heteroatoms. The van der Waals surface area contributed by atoms with Gasteiger partial charge >= 0.3 is 6.09 Å². The Kier molecular flexibility index (Phi) is 4.15. The van der Waals surface area contributed by atoms with Crippen molar-refractivity contribution in [3.63, 3.8) is 0 Å². The van der Waals surface area contributed by atoms with Gasteiger partial charge in [-0.15, -0.1) is 11.6 Å². The Labute approximate surface area is 146 Å². The average molecular weight is 343 g/mol. The van der Waals surface area contributed by atoms with Gasteiger partial charge in [-0.1, -0.05) is 12.1 Å². The third kappa shape index (κ3) is 2.92. The summed E-state index contributed by atoms with van der Waals surface area (Å²) in [5.41, 5.74) is 1.90. The standard InChI is InChI=1S/C19H19ClN2O2/c1-19(2,3)24-18(23)22-14(10-20)9-16-15-8-12(11-21)4-5-13(15)6-7-17(16)22/h4-8,14H,9-10H2,1-3H3. The number of hydrogen-bond acceptors (Lipinski definition) is 3. The van der Waals surface area contributed by atoms with E-state index in [9.17, 15) is 4.79 Å². The van der Waals surface area contributed by atoms with Crippen LogP contribution < -0.4 is 4.90 Å². The minimum Gasteiger partial charge on any atom is -0.443 e. The zero-order chi connectivity index (χ0) is 17.5. The van der Waals surface area contributed by atoms with Crippen molar-refractivity contribution in [3.05, 3.63) is 41.5 Å². The van der Waals surface area contributed by atoms with Gasteiger partial charge in [-0.2, -0.15) is 5.26 Å².